The Hall–Kier alpha value is -2.55. The number of nitrogens with one attached hydrogen (secondary N) is 1. The maximum atomic E-state index is 11.9. The summed E-state index contributed by atoms with van der Waals surface area (Å²) in [7, 11) is 0. The minimum Gasteiger partial charge on any atom is -0.502 e. The summed E-state index contributed by atoms with van der Waals surface area (Å²) in [5.74, 6) is 1.49. The van der Waals surface area contributed by atoms with Gasteiger partial charge >= 0.3 is 5.69 Å². The number of phenols is 1. The van der Waals surface area contributed by atoms with Gasteiger partial charge in [-0.3, -0.25) is 14.9 Å². The van der Waals surface area contributed by atoms with Crippen molar-refractivity contribution in [2.24, 2.45) is 0 Å². The summed E-state index contributed by atoms with van der Waals surface area (Å²) in [6.07, 6.45) is 6.26. The van der Waals surface area contributed by atoms with Gasteiger partial charge < -0.3 is 10.4 Å². The number of carbonyl (C=O) groups is 1. The number of carbonyl (C=O) groups excluding carboxylic acids is 1. The molecule has 0 aliphatic carbocycles. The van der Waals surface area contributed by atoms with Crippen LogP contribution in [0.4, 0.5) is 5.69 Å². The van der Waals surface area contributed by atoms with Crippen molar-refractivity contribution in [1.29, 1.82) is 0 Å². The normalized spacial score (nSPS) is 11.4. The number of rotatable bonds is 5. The summed E-state index contributed by atoms with van der Waals surface area (Å²) in [4.78, 5) is 21.7. The number of nitro benzene ring substituents is 1. The van der Waals surface area contributed by atoms with Crippen molar-refractivity contribution in [1.82, 2.24) is 5.32 Å². The molecular formula is C13H14N2O4. The van der Waals surface area contributed by atoms with Gasteiger partial charge in [-0.05, 0) is 18.6 Å². The van der Waals surface area contributed by atoms with Gasteiger partial charge in [0.1, 0.15) is 0 Å². The molecule has 19 heavy (non-hydrogen) atoms. The van der Waals surface area contributed by atoms with Gasteiger partial charge in [-0.25, -0.2) is 0 Å². The highest BCUT2D eigenvalue weighted by molar-refractivity contribution is 5.95. The predicted octanol–water partition coefficient (Wildman–Crippen LogP) is 1.83. The molecule has 0 aromatic heterocycles. The molecule has 1 rings (SSSR count). The number of amides is 1. The molecule has 1 aromatic carbocycles. The van der Waals surface area contributed by atoms with E-state index in [-0.39, 0.29) is 11.6 Å². The molecule has 0 saturated carbocycles. The van der Waals surface area contributed by atoms with Crippen LogP contribution in [0.2, 0.25) is 0 Å². The number of nitrogens with zero attached hydrogens (tertiary/aromatic N) is 1. The number of nitro groups is 1. The first-order valence-corrected chi connectivity index (χ1v) is 5.71. The molecule has 1 amide bonds. The zero-order chi connectivity index (χ0) is 14.4. The first-order chi connectivity index (χ1) is 8.99. The second kappa shape index (κ2) is 6.40. The van der Waals surface area contributed by atoms with Crippen LogP contribution < -0.4 is 5.32 Å². The van der Waals surface area contributed by atoms with Crippen LogP contribution >= 0.6 is 0 Å². The van der Waals surface area contributed by atoms with E-state index in [1.165, 1.54) is 6.07 Å². The minimum atomic E-state index is -0.718. The Morgan fingerprint density at radius 2 is 2.32 bits per heavy atom. The molecule has 6 nitrogen and oxygen atoms in total. The standard InChI is InChI=1S/C13H14N2O4/c1-3-5-10(4-2)14-13(17)9-6-7-11(15(18)19)12(16)8-9/h1,6-8,10,16H,4-5H2,2H3,(H,14,17). The summed E-state index contributed by atoms with van der Waals surface area (Å²) in [6, 6.07) is 3.29. The van der Waals surface area contributed by atoms with Crippen molar-refractivity contribution < 1.29 is 14.8 Å². The Bertz CT molecular complexity index is 534. The first kappa shape index (κ1) is 14.5. The molecule has 0 heterocycles. The molecule has 0 aliphatic rings. The van der Waals surface area contributed by atoms with Gasteiger partial charge in [-0.1, -0.05) is 6.92 Å². The quantitative estimate of drug-likeness (QED) is 0.481. The summed E-state index contributed by atoms with van der Waals surface area (Å²) in [5.41, 5.74) is -0.286. The van der Waals surface area contributed by atoms with Gasteiger partial charge in [0, 0.05) is 24.1 Å². The molecule has 0 radical (unpaired) electrons. The van der Waals surface area contributed by atoms with Crippen LogP contribution in [0.3, 0.4) is 0 Å². The van der Waals surface area contributed by atoms with Gasteiger partial charge in [0.05, 0.1) is 4.92 Å². The summed E-state index contributed by atoms with van der Waals surface area (Å²) in [5, 5.41) is 22.7. The molecule has 1 aromatic rings. The van der Waals surface area contributed by atoms with Crippen LogP contribution in [-0.4, -0.2) is 22.0 Å². The van der Waals surface area contributed by atoms with E-state index < -0.39 is 22.3 Å². The lowest BCUT2D eigenvalue weighted by Crippen LogP contribution is -2.34. The Kier molecular flexibility index (Phi) is 4.89. The molecule has 100 valence electrons. The van der Waals surface area contributed by atoms with Gasteiger partial charge in [0.15, 0.2) is 5.75 Å². The van der Waals surface area contributed by atoms with E-state index in [2.05, 4.69) is 11.2 Å². The largest absolute Gasteiger partial charge is 0.502 e. The maximum Gasteiger partial charge on any atom is 0.310 e. The highest BCUT2D eigenvalue weighted by atomic mass is 16.6. The third-order valence-electron chi connectivity index (χ3n) is 2.63. The van der Waals surface area contributed by atoms with Crippen molar-refractivity contribution in [3.05, 3.63) is 33.9 Å². The summed E-state index contributed by atoms with van der Waals surface area (Å²) < 4.78 is 0. The second-order valence-corrected chi connectivity index (χ2v) is 3.95. The fourth-order valence-corrected chi connectivity index (χ4v) is 1.53. The lowest BCUT2D eigenvalue weighted by Gasteiger charge is -2.14. The Morgan fingerprint density at radius 3 is 2.79 bits per heavy atom. The molecule has 1 unspecified atom stereocenters. The number of benzene rings is 1. The number of hydrogen-bond acceptors (Lipinski definition) is 4. The van der Waals surface area contributed by atoms with E-state index in [9.17, 15) is 20.0 Å². The van der Waals surface area contributed by atoms with Gasteiger partial charge in [0.25, 0.3) is 5.91 Å². The van der Waals surface area contributed by atoms with Crippen LogP contribution in [0.5, 0.6) is 5.75 Å². The van der Waals surface area contributed by atoms with E-state index in [4.69, 9.17) is 6.42 Å². The zero-order valence-electron chi connectivity index (χ0n) is 10.4. The fraction of sp³-hybridized carbons (Fsp3) is 0.308. The highest BCUT2D eigenvalue weighted by Gasteiger charge is 2.17. The SMILES string of the molecule is C#CCC(CC)NC(=O)c1ccc([N+](=O)[O-])c(O)c1. The van der Waals surface area contributed by atoms with Gasteiger partial charge in [-0.2, -0.15) is 0 Å². The second-order valence-electron chi connectivity index (χ2n) is 3.95. The first-order valence-electron chi connectivity index (χ1n) is 5.71. The zero-order valence-corrected chi connectivity index (χ0v) is 10.4. The molecular weight excluding hydrogens is 248 g/mol. The number of aromatic hydroxyl groups is 1. The van der Waals surface area contributed by atoms with E-state index in [0.29, 0.717) is 12.8 Å². The summed E-state index contributed by atoms with van der Waals surface area (Å²) >= 11 is 0. The Morgan fingerprint density at radius 1 is 1.63 bits per heavy atom. The van der Waals surface area contributed by atoms with Crippen molar-refractivity contribution in [2.75, 3.05) is 0 Å². The summed E-state index contributed by atoms with van der Waals surface area (Å²) in [6.45, 7) is 1.88. The Balaban J connectivity index is 2.86. The molecule has 6 heteroatoms. The van der Waals surface area contributed by atoms with Crippen LogP contribution in [0.25, 0.3) is 0 Å². The van der Waals surface area contributed by atoms with Crippen molar-refractivity contribution in [2.45, 2.75) is 25.8 Å². The smallest absolute Gasteiger partial charge is 0.310 e. The van der Waals surface area contributed by atoms with Gasteiger partial charge in [-0.15, -0.1) is 12.3 Å². The third kappa shape index (κ3) is 3.71. The van der Waals surface area contributed by atoms with Crippen molar-refractivity contribution >= 4 is 11.6 Å². The molecule has 1 atom stereocenters. The topological polar surface area (TPSA) is 92.5 Å². The average molecular weight is 262 g/mol. The Labute approximate surface area is 110 Å². The van der Waals surface area contributed by atoms with Crippen LogP contribution in [0, 0.1) is 22.5 Å². The molecule has 0 spiro atoms. The predicted molar refractivity (Wildman–Crippen MR) is 69.8 cm³/mol. The monoisotopic (exact) mass is 262 g/mol. The number of terminal acetylenes is 1. The van der Waals surface area contributed by atoms with Crippen LogP contribution in [0.15, 0.2) is 18.2 Å². The highest BCUT2D eigenvalue weighted by Crippen LogP contribution is 2.26. The van der Waals surface area contributed by atoms with E-state index in [1.54, 1.807) is 0 Å². The van der Waals surface area contributed by atoms with Crippen molar-refractivity contribution in [3.63, 3.8) is 0 Å². The molecule has 0 aliphatic heterocycles. The lowest BCUT2D eigenvalue weighted by atomic mass is 10.1. The maximum absolute atomic E-state index is 11.9. The van der Waals surface area contributed by atoms with E-state index >= 15 is 0 Å². The molecule has 0 saturated heterocycles. The number of hydrogen-bond donors (Lipinski definition) is 2. The van der Waals surface area contributed by atoms with Crippen molar-refractivity contribution in [3.8, 4) is 18.1 Å². The fourth-order valence-electron chi connectivity index (χ4n) is 1.53. The molecule has 0 fully saturated rings. The van der Waals surface area contributed by atoms with Crippen LogP contribution in [-0.2, 0) is 0 Å². The third-order valence-corrected chi connectivity index (χ3v) is 2.63. The van der Waals surface area contributed by atoms with Crippen LogP contribution in [0.1, 0.15) is 30.1 Å². The average Bonchev–Trinajstić information content (AvgIpc) is 2.37. The minimum absolute atomic E-state index is 0.151. The van der Waals surface area contributed by atoms with Gasteiger partial charge in [0.2, 0.25) is 0 Å². The molecule has 2 N–H and O–H groups in total. The molecule has 0 bridgehead atoms. The lowest BCUT2D eigenvalue weighted by molar-refractivity contribution is -0.385. The van der Waals surface area contributed by atoms with E-state index in [0.717, 1.165) is 12.1 Å². The number of phenolic OH excluding ortho intramolecular Hbond substituents is 1. The van der Waals surface area contributed by atoms with E-state index in [1.807, 2.05) is 6.92 Å².